The minimum atomic E-state index is 0.993. The molecule has 0 saturated carbocycles. The van der Waals surface area contributed by atoms with Crippen LogP contribution in [-0.2, 0) is 4.84 Å². The molecule has 0 amide bonds. The van der Waals surface area contributed by atoms with E-state index in [1.54, 1.807) is 6.21 Å². The summed E-state index contributed by atoms with van der Waals surface area (Å²) >= 11 is 6.76. The maximum absolute atomic E-state index is 4.56. The third kappa shape index (κ3) is 2.60. The van der Waals surface area contributed by atoms with Crippen LogP contribution in [0.2, 0.25) is 0 Å². The SMILES string of the molecule is CO/N=C/c1ccc(Br)c(Br)c1. The number of hydrogen-bond acceptors (Lipinski definition) is 2. The van der Waals surface area contributed by atoms with E-state index in [-0.39, 0.29) is 0 Å². The summed E-state index contributed by atoms with van der Waals surface area (Å²) in [4.78, 5) is 4.56. The second-order valence-corrected chi connectivity index (χ2v) is 3.80. The summed E-state index contributed by atoms with van der Waals surface area (Å²) in [5, 5.41) is 3.65. The molecule has 4 heteroatoms. The van der Waals surface area contributed by atoms with Gasteiger partial charge in [-0.2, -0.15) is 0 Å². The molecular formula is C8H7Br2NO. The molecule has 0 N–H and O–H groups in total. The highest BCUT2D eigenvalue weighted by Crippen LogP contribution is 2.22. The Hall–Kier alpha value is -0.350. The molecule has 1 aromatic rings. The quantitative estimate of drug-likeness (QED) is 0.606. The lowest BCUT2D eigenvalue weighted by atomic mass is 10.2. The first-order chi connectivity index (χ1) is 5.74. The van der Waals surface area contributed by atoms with Gasteiger partial charge in [-0.3, -0.25) is 0 Å². The molecule has 0 aliphatic rings. The predicted molar refractivity (Wildman–Crippen MR) is 56.4 cm³/mol. The van der Waals surface area contributed by atoms with E-state index < -0.39 is 0 Å². The monoisotopic (exact) mass is 291 g/mol. The molecule has 0 heterocycles. The van der Waals surface area contributed by atoms with Gasteiger partial charge in [0.15, 0.2) is 0 Å². The molecule has 1 rings (SSSR count). The highest BCUT2D eigenvalue weighted by molar-refractivity contribution is 9.13. The van der Waals surface area contributed by atoms with Crippen molar-refractivity contribution >= 4 is 38.1 Å². The number of benzene rings is 1. The van der Waals surface area contributed by atoms with Crippen LogP contribution >= 0.6 is 31.9 Å². The molecule has 0 saturated heterocycles. The minimum absolute atomic E-state index is 0.993. The number of nitrogens with zero attached hydrogens (tertiary/aromatic N) is 1. The summed E-state index contributed by atoms with van der Waals surface area (Å²) in [7, 11) is 1.52. The molecule has 0 aliphatic carbocycles. The first-order valence-electron chi connectivity index (χ1n) is 3.25. The molecule has 0 radical (unpaired) electrons. The smallest absolute Gasteiger partial charge is 0.106 e. The van der Waals surface area contributed by atoms with E-state index in [1.807, 2.05) is 18.2 Å². The molecule has 0 aliphatic heterocycles. The topological polar surface area (TPSA) is 21.6 Å². The lowest BCUT2D eigenvalue weighted by Crippen LogP contribution is -1.82. The zero-order valence-corrected chi connectivity index (χ0v) is 9.59. The summed E-state index contributed by atoms with van der Waals surface area (Å²) in [6.45, 7) is 0. The Kier molecular flexibility index (Phi) is 3.75. The van der Waals surface area contributed by atoms with E-state index in [9.17, 15) is 0 Å². The van der Waals surface area contributed by atoms with E-state index in [1.165, 1.54) is 7.11 Å². The van der Waals surface area contributed by atoms with Crippen LogP contribution in [0.25, 0.3) is 0 Å². The van der Waals surface area contributed by atoms with Gasteiger partial charge in [0.05, 0.1) is 6.21 Å². The molecule has 1 aromatic carbocycles. The van der Waals surface area contributed by atoms with Gasteiger partial charge >= 0.3 is 0 Å². The van der Waals surface area contributed by atoms with Gasteiger partial charge in [0.2, 0.25) is 0 Å². The molecule has 12 heavy (non-hydrogen) atoms. The fraction of sp³-hybridized carbons (Fsp3) is 0.125. The first kappa shape index (κ1) is 9.74. The van der Waals surface area contributed by atoms with Crippen molar-refractivity contribution in [3.63, 3.8) is 0 Å². The second-order valence-electron chi connectivity index (χ2n) is 2.09. The molecular weight excluding hydrogens is 286 g/mol. The van der Waals surface area contributed by atoms with E-state index in [2.05, 4.69) is 41.9 Å². The van der Waals surface area contributed by atoms with Crippen LogP contribution in [0.1, 0.15) is 5.56 Å². The lowest BCUT2D eigenvalue weighted by Gasteiger charge is -1.96. The van der Waals surface area contributed by atoms with Gasteiger partial charge < -0.3 is 4.84 Å². The maximum atomic E-state index is 4.56. The van der Waals surface area contributed by atoms with E-state index in [4.69, 9.17) is 0 Å². The van der Waals surface area contributed by atoms with Crippen LogP contribution in [0.15, 0.2) is 32.3 Å². The van der Waals surface area contributed by atoms with Crippen molar-refractivity contribution in [1.82, 2.24) is 0 Å². The Balaban J connectivity index is 2.89. The number of rotatable bonds is 2. The van der Waals surface area contributed by atoms with Gasteiger partial charge in [-0.05, 0) is 49.6 Å². The summed E-state index contributed by atoms with van der Waals surface area (Å²) in [5.41, 5.74) is 0.993. The second kappa shape index (κ2) is 4.62. The van der Waals surface area contributed by atoms with E-state index in [0.29, 0.717) is 0 Å². The van der Waals surface area contributed by atoms with Crippen molar-refractivity contribution in [2.45, 2.75) is 0 Å². The van der Waals surface area contributed by atoms with Crippen molar-refractivity contribution in [3.8, 4) is 0 Å². The third-order valence-electron chi connectivity index (χ3n) is 1.25. The largest absolute Gasteiger partial charge is 0.399 e. The van der Waals surface area contributed by atoms with Gasteiger partial charge in [-0.1, -0.05) is 11.2 Å². The Morgan fingerprint density at radius 3 is 2.67 bits per heavy atom. The number of halogens is 2. The highest BCUT2D eigenvalue weighted by Gasteiger charge is 1.95. The molecule has 0 spiro atoms. The Morgan fingerprint density at radius 2 is 2.08 bits per heavy atom. The molecule has 0 fully saturated rings. The minimum Gasteiger partial charge on any atom is -0.399 e. The Labute approximate surface area is 87.9 Å². The average Bonchev–Trinajstić information content (AvgIpc) is 2.07. The third-order valence-corrected chi connectivity index (χ3v) is 3.13. The molecule has 2 nitrogen and oxygen atoms in total. The summed E-state index contributed by atoms with van der Waals surface area (Å²) in [6, 6.07) is 5.84. The van der Waals surface area contributed by atoms with Crippen molar-refractivity contribution < 1.29 is 4.84 Å². The molecule has 0 unspecified atom stereocenters. The Morgan fingerprint density at radius 1 is 1.33 bits per heavy atom. The zero-order chi connectivity index (χ0) is 8.97. The van der Waals surface area contributed by atoms with E-state index >= 15 is 0 Å². The van der Waals surface area contributed by atoms with Crippen molar-refractivity contribution in [2.75, 3.05) is 7.11 Å². The van der Waals surface area contributed by atoms with Crippen molar-refractivity contribution in [3.05, 3.63) is 32.7 Å². The molecule has 64 valence electrons. The first-order valence-corrected chi connectivity index (χ1v) is 4.84. The molecule has 0 bridgehead atoms. The van der Waals surface area contributed by atoms with Gasteiger partial charge in [-0.15, -0.1) is 0 Å². The number of hydrogen-bond donors (Lipinski definition) is 0. The summed E-state index contributed by atoms with van der Waals surface area (Å²) in [5.74, 6) is 0. The van der Waals surface area contributed by atoms with Crippen molar-refractivity contribution in [1.29, 1.82) is 0 Å². The standard InChI is InChI=1S/C8H7Br2NO/c1-12-11-5-6-2-3-7(9)8(10)4-6/h2-5H,1H3/b11-5+. The number of oxime groups is 1. The van der Waals surface area contributed by atoms with Crippen LogP contribution in [-0.4, -0.2) is 13.3 Å². The van der Waals surface area contributed by atoms with Gasteiger partial charge in [-0.25, -0.2) is 0 Å². The van der Waals surface area contributed by atoms with E-state index in [0.717, 1.165) is 14.5 Å². The van der Waals surface area contributed by atoms with Crippen LogP contribution in [0.5, 0.6) is 0 Å². The average molecular weight is 293 g/mol. The van der Waals surface area contributed by atoms with Crippen LogP contribution < -0.4 is 0 Å². The predicted octanol–water partition coefficient (Wildman–Crippen LogP) is 3.19. The fourth-order valence-corrected chi connectivity index (χ4v) is 1.35. The highest BCUT2D eigenvalue weighted by atomic mass is 79.9. The van der Waals surface area contributed by atoms with Crippen molar-refractivity contribution in [2.24, 2.45) is 5.16 Å². The molecule has 0 aromatic heterocycles. The lowest BCUT2D eigenvalue weighted by molar-refractivity contribution is 0.215. The van der Waals surface area contributed by atoms with Crippen LogP contribution in [0.3, 0.4) is 0 Å². The van der Waals surface area contributed by atoms with Gasteiger partial charge in [0.1, 0.15) is 7.11 Å². The van der Waals surface area contributed by atoms with Crippen LogP contribution in [0.4, 0.5) is 0 Å². The van der Waals surface area contributed by atoms with Gasteiger partial charge in [0, 0.05) is 8.95 Å². The Bertz CT molecular complexity index is 299. The normalized spacial score (nSPS) is 10.6. The van der Waals surface area contributed by atoms with Gasteiger partial charge in [0.25, 0.3) is 0 Å². The molecule has 0 atom stereocenters. The summed E-state index contributed by atoms with van der Waals surface area (Å²) < 4.78 is 2.03. The zero-order valence-electron chi connectivity index (χ0n) is 6.42. The fourth-order valence-electron chi connectivity index (χ4n) is 0.706. The maximum Gasteiger partial charge on any atom is 0.106 e. The summed E-state index contributed by atoms with van der Waals surface area (Å²) in [6.07, 6.45) is 1.65. The van der Waals surface area contributed by atoms with Crippen LogP contribution in [0, 0.1) is 0 Å².